The van der Waals surface area contributed by atoms with Crippen LogP contribution in [-0.4, -0.2) is 47.4 Å². The van der Waals surface area contributed by atoms with E-state index in [1.54, 1.807) is 0 Å². The maximum absolute atomic E-state index is 11.0. The molecular formula is C7H11NO5. The van der Waals surface area contributed by atoms with Gasteiger partial charge >= 0.3 is 11.9 Å². The standard InChI is InChI=1S/C7H11NO5/c9-2-1-4-7(12)13-5(3-8-4)6(10)11/h4-5,8-9H,1-3H2,(H,10,11). The Morgan fingerprint density at radius 1 is 1.69 bits per heavy atom. The van der Waals surface area contributed by atoms with Crippen LogP contribution in [0, 0.1) is 0 Å². The van der Waals surface area contributed by atoms with E-state index in [1.165, 1.54) is 0 Å². The molecule has 0 amide bonds. The zero-order chi connectivity index (χ0) is 9.84. The SMILES string of the molecule is O=C1OC(C(=O)O)CNC1CCO. The number of morpholine rings is 1. The third kappa shape index (κ3) is 2.40. The summed E-state index contributed by atoms with van der Waals surface area (Å²) in [5, 5.41) is 19.7. The molecule has 2 atom stereocenters. The van der Waals surface area contributed by atoms with Gasteiger partial charge in [0.15, 0.2) is 0 Å². The van der Waals surface area contributed by atoms with Gasteiger partial charge in [-0.05, 0) is 6.42 Å². The monoisotopic (exact) mass is 189 g/mol. The van der Waals surface area contributed by atoms with Gasteiger partial charge in [0, 0.05) is 13.2 Å². The highest BCUT2D eigenvalue weighted by Crippen LogP contribution is 2.05. The van der Waals surface area contributed by atoms with Crippen LogP contribution in [0.1, 0.15) is 6.42 Å². The fraction of sp³-hybridized carbons (Fsp3) is 0.714. The summed E-state index contributed by atoms with van der Waals surface area (Å²) in [4.78, 5) is 21.4. The lowest BCUT2D eigenvalue weighted by Crippen LogP contribution is -2.52. The molecule has 1 heterocycles. The number of hydrogen-bond acceptors (Lipinski definition) is 5. The molecule has 0 spiro atoms. The number of aliphatic hydroxyl groups excluding tert-OH is 1. The number of carboxylic acid groups (broad SMARTS) is 1. The van der Waals surface area contributed by atoms with Crippen LogP contribution in [0.4, 0.5) is 0 Å². The average molecular weight is 189 g/mol. The van der Waals surface area contributed by atoms with Gasteiger partial charge in [-0.2, -0.15) is 0 Å². The number of aliphatic hydroxyl groups is 1. The second kappa shape index (κ2) is 4.20. The molecule has 0 radical (unpaired) electrons. The van der Waals surface area contributed by atoms with Gasteiger partial charge in [0.25, 0.3) is 0 Å². The summed E-state index contributed by atoms with van der Waals surface area (Å²) in [7, 11) is 0. The van der Waals surface area contributed by atoms with E-state index >= 15 is 0 Å². The molecule has 1 rings (SSSR count). The van der Waals surface area contributed by atoms with Crippen molar-refractivity contribution in [3.8, 4) is 0 Å². The second-order valence-corrected chi connectivity index (χ2v) is 2.74. The van der Waals surface area contributed by atoms with Gasteiger partial charge in [-0.25, -0.2) is 4.79 Å². The molecule has 3 N–H and O–H groups in total. The molecule has 1 fully saturated rings. The molecule has 0 aliphatic carbocycles. The number of carbonyl (C=O) groups excluding carboxylic acids is 1. The Hall–Kier alpha value is -1.14. The highest BCUT2D eigenvalue weighted by molar-refractivity contribution is 5.82. The van der Waals surface area contributed by atoms with E-state index in [0.717, 1.165) is 0 Å². The molecule has 0 aromatic rings. The lowest BCUT2D eigenvalue weighted by molar-refractivity contribution is -0.169. The zero-order valence-electron chi connectivity index (χ0n) is 6.90. The number of carbonyl (C=O) groups is 2. The molecule has 0 aromatic heterocycles. The summed E-state index contributed by atoms with van der Waals surface area (Å²) in [5.41, 5.74) is 0. The van der Waals surface area contributed by atoms with Crippen LogP contribution in [0.5, 0.6) is 0 Å². The van der Waals surface area contributed by atoms with Crippen molar-refractivity contribution in [2.45, 2.75) is 18.6 Å². The van der Waals surface area contributed by atoms with Gasteiger partial charge in [0.05, 0.1) is 0 Å². The van der Waals surface area contributed by atoms with Crippen LogP contribution >= 0.6 is 0 Å². The highest BCUT2D eigenvalue weighted by atomic mass is 16.6. The molecule has 1 aliphatic rings. The number of rotatable bonds is 3. The Kier molecular flexibility index (Phi) is 3.21. The molecule has 1 aliphatic heterocycles. The summed E-state index contributed by atoms with van der Waals surface area (Å²) in [5.74, 6) is -1.78. The average Bonchev–Trinajstić information content (AvgIpc) is 2.08. The maximum Gasteiger partial charge on any atom is 0.346 e. The molecule has 1 saturated heterocycles. The number of aliphatic carboxylic acids is 1. The summed E-state index contributed by atoms with van der Waals surface area (Å²) in [6.45, 7) is -0.0454. The third-order valence-electron chi connectivity index (χ3n) is 1.79. The van der Waals surface area contributed by atoms with E-state index in [4.69, 9.17) is 10.2 Å². The van der Waals surface area contributed by atoms with Crippen LogP contribution in [0.2, 0.25) is 0 Å². The second-order valence-electron chi connectivity index (χ2n) is 2.74. The van der Waals surface area contributed by atoms with Crippen molar-refractivity contribution in [3.63, 3.8) is 0 Å². The Morgan fingerprint density at radius 2 is 2.38 bits per heavy atom. The predicted octanol–water partition coefficient (Wildman–Crippen LogP) is -1.66. The summed E-state index contributed by atoms with van der Waals surface area (Å²) in [6, 6.07) is -0.583. The fourth-order valence-corrected chi connectivity index (χ4v) is 1.08. The number of nitrogens with one attached hydrogen (secondary N) is 1. The van der Waals surface area contributed by atoms with Gasteiger partial charge < -0.3 is 14.9 Å². The van der Waals surface area contributed by atoms with E-state index < -0.39 is 24.1 Å². The lowest BCUT2D eigenvalue weighted by Gasteiger charge is -2.26. The predicted molar refractivity (Wildman–Crippen MR) is 41.0 cm³/mol. The zero-order valence-corrected chi connectivity index (χ0v) is 6.90. The Balaban J connectivity index is 2.46. The molecule has 2 unspecified atom stereocenters. The summed E-state index contributed by atoms with van der Waals surface area (Å²) < 4.78 is 4.60. The van der Waals surface area contributed by atoms with Crippen molar-refractivity contribution in [1.82, 2.24) is 5.32 Å². The molecule has 0 bridgehead atoms. The quantitative estimate of drug-likeness (QED) is 0.460. The van der Waals surface area contributed by atoms with Crippen LogP contribution in [0.3, 0.4) is 0 Å². The van der Waals surface area contributed by atoms with Crippen molar-refractivity contribution in [1.29, 1.82) is 0 Å². The van der Waals surface area contributed by atoms with E-state index in [9.17, 15) is 9.59 Å². The molecule has 6 nitrogen and oxygen atoms in total. The summed E-state index contributed by atoms with van der Waals surface area (Å²) >= 11 is 0. The molecule has 0 aromatic carbocycles. The first-order valence-corrected chi connectivity index (χ1v) is 3.92. The largest absolute Gasteiger partial charge is 0.478 e. The number of esters is 1. The highest BCUT2D eigenvalue weighted by Gasteiger charge is 2.32. The Labute approximate surface area is 74.5 Å². The van der Waals surface area contributed by atoms with Crippen molar-refractivity contribution in [3.05, 3.63) is 0 Å². The minimum Gasteiger partial charge on any atom is -0.478 e. The van der Waals surface area contributed by atoms with Gasteiger partial charge in [-0.15, -0.1) is 0 Å². The van der Waals surface area contributed by atoms with Crippen LogP contribution in [-0.2, 0) is 14.3 Å². The smallest absolute Gasteiger partial charge is 0.346 e. The maximum atomic E-state index is 11.0. The molecule has 0 saturated carbocycles. The first-order chi connectivity index (χ1) is 6.15. The number of cyclic esters (lactones) is 1. The first-order valence-electron chi connectivity index (χ1n) is 3.92. The van der Waals surface area contributed by atoms with E-state index in [0.29, 0.717) is 0 Å². The molecule has 6 heteroatoms. The molecule has 74 valence electrons. The van der Waals surface area contributed by atoms with Crippen molar-refractivity contribution < 1.29 is 24.5 Å². The van der Waals surface area contributed by atoms with Crippen molar-refractivity contribution in [2.24, 2.45) is 0 Å². The van der Waals surface area contributed by atoms with Gasteiger partial charge in [0.2, 0.25) is 6.10 Å². The van der Waals surface area contributed by atoms with Gasteiger partial charge in [-0.1, -0.05) is 0 Å². The Morgan fingerprint density at radius 3 is 2.85 bits per heavy atom. The minimum absolute atomic E-state index is 0.0890. The van der Waals surface area contributed by atoms with Gasteiger partial charge in [0.1, 0.15) is 6.04 Å². The Bertz CT molecular complexity index is 217. The molecular weight excluding hydrogens is 178 g/mol. The van der Waals surface area contributed by atoms with Gasteiger partial charge in [-0.3, -0.25) is 10.1 Å². The van der Waals surface area contributed by atoms with E-state index in [-0.39, 0.29) is 19.6 Å². The van der Waals surface area contributed by atoms with E-state index in [2.05, 4.69) is 10.1 Å². The van der Waals surface area contributed by atoms with Crippen LogP contribution in [0.25, 0.3) is 0 Å². The minimum atomic E-state index is -1.16. The first kappa shape index (κ1) is 9.94. The number of ether oxygens (including phenoxy) is 1. The van der Waals surface area contributed by atoms with Crippen molar-refractivity contribution >= 4 is 11.9 Å². The van der Waals surface area contributed by atoms with Crippen molar-refractivity contribution in [2.75, 3.05) is 13.2 Å². The topological polar surface area (TPSA) is 95.9 Å². The number of hydrogen-bond donors (Lipinski definition) is 3. The fourth-order valence-electron chi connectivity index (χ4n) is 1.08. The number of carboxylic acids is 1. The normalized spacial score (nSPS) is 28.2. The molecule has 13 heavy (non-hydrogen) atoms. The van der Waals surface area contributed by atoms with E-state index in [1.807, 2.05) is 0 Å². The third-order valence-corrected chi connectivity index (χ3v) is 1.79. The van der Waals surface area contributed by atoms with Crippen LogP contribution < -0.4 is 5.32 Å². The van der Waals surface area contributed by atoms with Crippen LogP contribution in [0.15, 0.2) is 0 Å². The lowest BCUT2D eigenvalue weighted by atomic mass is 10.1. The summed E-state index contributed by atoms with van der Waals surface area (Å²) in [6.07, 6.45) is -0.868.